The molecule has 0 unspecified atom stereocenters. The molecule has 2 aromatic rings. The van der Waals surface area contributed by atoms with Gasteiger partial charge in [-0.15, -0.1) is 10.2 Å². The third-order valence-electron chi connectivity index (χ3n) is 2.20. The number of amides is 2. The molecule has 6 nitrogen and oxygen atoms in total. The first-order valence-corrected chi connectivity index (χ1v) is 8.75. The summed E-state index contributed by atoms with van der Waals surface area (Å²) in [5.41, 5.74) is 5.18. The van der Waals surface area contributed by atoms with Crippen molar-refractivity contribution in [1.29, 1.82) is 0 Å². The van der Waals surface area contributed by atoms with Crippen molar-refractivity contribution in [2.45, 2.75) is 8.68 Å². The Morgan fingerprint density at radius 1 is 1.18 bits per heavy atom. The van der Waals surface area contributed by atoms with Gasteiger partial charge in [-0.25, -0.2) is 4.39 Å². The summed E-state index contributed by atoms with van der Waals surface area (Å²) in [4.78, 5) is 22.4. The van der Waals surface area contributed by atoms with E-state index in [9.17, 15) is 14.0 Å². The Labute approximate surface area is 138 Å². The van der Waals surface area contributed by atoms with Crippen LogP contribution in [0.1, 0.15) is 0 Å². The highest BCUT2D eigenvalue weighted by Crippen LogP contribution is 2.28. The number of primary amides is 1. The van der Waals surface area contributed by atoms with Crippen LogP contribution in [0, 0.1) is 5.82 Å². The molecule has 0 spiro atoms. The number of nitrogens with zero attached hydrogens (tertiary/aromatic N) is 2. The smallest absolute Gasteiger partial charge is 0.234 e. The van der Waals surface area contributed by atoms with E-state index in [1.165, 1.54) is 47.0 Å². The zero-order valence-electron chi connectivity index (χ0n) is 11.1. The van der Waals surface area contributed by atoms with E-state index in [4.69, 9.17) is 5.73 Å². The Hall–Kier alpha value is -1.65. The average molecular weight is 358 g/mol. The highest BCUT2D eigenvalue weighted by atomic mass is 32.2. The second-order valence-electron chi connectivity index (χ2n) is 3.91. The predicted octanol–water partition coefficient (Wildman–Crippen LogP) is 1.99. The number of hydrogen-bond donors (Lipinski definition) is 2. The molecule has 0 saturated heterocycles. The number of rotatable bonds is 7. The number of hydrogen-bond acceptors (Lipinski definition) is 7. The molecular formula is C12H11FN4O2S3. The average Bonchev–Trinajstić information content (AvgIpc) is 2.93. The van der Waals surface area contributed by atoms with Crippen LogP contribution < -0.4 is 11.1 Å². The van der Waals surface area contributed by atoms with Gasteiger partial charge in [0.05, 0.1) is 17.2 Å². The Bertz CT molecular complexity index is 680. The Morgan fingerprint density at radius 3 is 2.45 bits per heavy atom. The van der Waals surface area contributed by atoms with Crippen molar-refractivity contribution in [1.82, 2.24) is 10.2 Å². The van der Waals surface area contributed by atoms with Gasteiger partial charge in [-0.1, -0.05) is 47.0 Å². The number of halogens is 1. The van der Waals surface area contributed by atoms with Crippen molar-refractivity contribution in [3.63, 3.8) is 0 Å². The highest BCUT2D eigenvalue weighted by Gasteiger charge is 2.11. The molecule has 0 atom stereocenters. The second-order valence-corrected chi connectivity index (χ2v) is 7.33. The van der Waals surface area contributed by atoms with Crippen LogP contribution in [-0.4, -0.2) is 33.5 Å². The third kappa shape index (κ3) is 5.28. The molecular weight excluding hydrogens is 347 g/mol. The maximum Gasteiger partial charge on any atom is 0.234 e. The minimum atomic E-state index is -0.484. The fourth-order valence-electron chi connectivity index (χ4n) is 1.32. The number of thioether (sulfide) groups is 2. The van der Waals surface area contributed by atoms with Crippen LogP contribution in [0.3, 0.4) is 0 Å². The summed E-state index contributed by atoms with van der Waals surface area (Å²) in [6, 6.07) is 5.95. The van der Waals surface area contributed by atoms with Crippen molar-refractivity contribution >= 4 is 52.4 Å². The van der Waals surface area contributed by atoms with Gasteiger partial charge < -0.3 is 11.1 Å². The molecule has 10 heteroatoms. The van der Waals surface area contributed by atoms with Gasteiger partial charge in [0.25, 0.3) is 0 Å². The van der Waals surface area contributed by atoms with Crippen molar-refractivity contribution in [3.8, 4) is 0 Å². The molecule has 0 aliphatic rings. The Kier molecular flexibility index (Phi) is 6.16. The fraction of sp³-hybridized carbons (Fsp3) is 0.167. The summed E-state index contributed by atoms with van der Waals surface area (Å²) in [6.45, 7) is 0. The molecule has 0 bridgehead atoms. The van der Waals surface area contributed by atoms with Gasteiger partial charge in [0.15, 0.2) is 8.68 Å². The molecule has 22 heavy (non-hydrogen) atoms. The first-order valence-electron chi connectivity index (χ1n) is 5.96. The van der Waals surface area contributed by atoms with Gasteiger partial charge in [0, 0.05) is 0 Å². The maximum absolute atomic E-state index is 13.4. The number of carbonyl (C=O) groups is 2. The first kappa shape index (κ1) is 16.7. The van der Waals surface area contributed by atoms with Crippen LogP contribution in [-0.2, 0) is 9.59 Å². The monoisotopic (exact) mass is 358 g/mol. The van der Waals surface area contributed by atoms with Crippen LogP contribution >= 0.6 is 34.9 Å². The first-order chi connectivity index (χ1) is 10.5. The number of carbonyl (C=O) groups excluding carboxylic acids is 2. The number of benzene rings is 1. The molecule has 1 aromatic heterocycles. The Morgan fingerprint density at radius 2 is 1.82 bits per heavy atom. The van der Waals surface area contributed by atoms with Gasteiger partial charge in [0.1, 0.15) is 5.82 Å². The van der Waals surface area contributed by atoms with Gasteiger partial charge in [-0.05, 0) is 12.1 Å². The molecule has 2 rings (SSSR count). The van der Waals surface area contributed by atoms with E-state index in [0.29, 0.717) is 8.68 Å². The molecule has 0 aliphatic carbocycles. The van der Waals surface area contributed by atoms with Crippen LogP contribution in [0.5, 0.6) is 0 Å². The van der Waals surface area contributed by atoms with E-state index in [1.54, 1.807) is 12.1 Å². The van der Waals surface area contributed by atoms with Crippen molar-refractivity contribution < 1.29 is 14.0 Å². The molecule has 1 heterocycles. The maximum atomic E-state index is 13.4. The minimum absolute atomic E-state index is 0.0868. The van der Waals surface area contributed by atoms with E-state index in [-0.39, 0.29) is 23.1 Å². The molecule has 0 fully saturated rings. The second kappa shape index (κ2) is 8.11. The third-order valence-corrected chi connectivity index (χ3v) is 5.41. The fourth-order valence-corrected chi connectivity index (χ4v) is 3.88. The number of para-hydroxylation sites is 1. The summed E-state index contributed by atoms with van der Waals surface area (Å²) in [6.07, 6.45) is 0. The normalized spacial score (nSPS) is 10.4. The van der Waals surface area contributed by atoms with Gasteiger partial charge in [0.2, 0.25) is 11.8 Å². The van der Waals surface area contributed by atoms with E-state index in [1.807, 2.05) is 0 Å². The summed E-state index contributed by atoms with van der Waals surface area (Å²) in [5, 5.41) is 10.3. The highest BCUT2D eigenvalue weighted by molar-refractivity contribution is 8.03. The number of aromatic nitrogens is 2. The van der Waals surface area contributed by atoms with E-state index in [0.717, 1.165) is 0 Å². The van der Waals surface area contributed by atoms with E-state index < -0.39 is 11.7 Å². The quantitative estimate of drug-likeness (QED) is 0.735. The molecule has 0 saturated carbocycles. The van der Waals surface area contributed by atoms with Crippen LogP contribution in [0.4, 0.5) is 10.1 Å². The molecule has 0 radical (unpaired) electrons. The van der Waals surface area contributed by atoms with Crippen molar-refractivity contribution in [2.24, 2.45) is 5.73 Å². The molecule has 0 aliphatic heterocycles. The summed E-state index contributed by atoms with van der Waals surface area (Å²) < 4.78 is 14.6. The van der Waals surface area contributed by atoms with Gasteiger partial charge >= 0.3 is 0 Å². The van der Waals surface area contributed by atoms with Crippen LogP contribution in [0.15, 0.2) is 32.9 Å². The number of nitrogens with two attached hydrogens (primary N) is 1. The summed E-state index contributed by atoms with van der Waals surface area (Å²) in [5.74, 6) is -1.03. The molecule has 2 amide bonds. The number of anilines is 1. The lowest BCUT2D eigenvalue weighted by Gasteiger charge is -2.04. The zero-order chi connectivity index (χ0) is 15.9. The minimum Gasteiger partial charge on any atom is -0.369 e. The standard InChI is InChI=1S/C12H11FN4O2S3/c13-7-3-1-2-4-8(7)15-10(19)6-21-12-17-16-11(22-12)20-5-9(14)18/h1-4H,5-6H2,(H2,14,18)(H,15,19). The summed E-state index contributed by atoms with van der Waals surface area (Å²) in [7, 11) is 0. The van der Waals surface area contributed by atoms with E-state index in [2.05, 4.69) is 15.5 Å². The van der Waals surface area contributed by atoms with Crippen LogP contribution in [0.25, 0.3) is 0 Å². The van der Waals surface area contributed by atoms with Crippen molar-refractivity contribution in [2.75, 3.05) is 16.8 Å². The van der Waals surface area contributed by atoms with Gasteiger partial charge in [-0.3, -0.25) is 9.59 Å². The largest absolute Gasteiger partial charge is 0.369 e. The topological polar surface area (TPSA) is 98.0 Å². The Balaban J connectivity index is 1.81. The van der Waals surface area contributed by atoms with Gasteiger partial charge in [-0.2, -0.15) is 0 Å². The lowest BCUT2D eigenvalue weighted by molar-refractivity contribution is -0.115. The lowest BCUT2D eigenvalue weighted by Crippen LogP contribution is -2.14. The zero-order valence-corrected chi connectivity index (χ0v) is 13.6. The summed E-state index contributed by atoms with van der Waals surface area (Å²) >= 11 is 3.65. The van der Waals surface area contributed by atoms with Crippen molar-refractivity contribution in [3.05, 3.63) is 30.1 Å². The predicted molar refractivity (Wildman–Crippen MR) is 85.6 cm³/mol. The molecule has 1 aromatic carbocycles. The van der Waals surface area contributed by atoms with Crippen LogP contribution in [0.2, 0.25) is 0 Å². The number of nitrogens with one attached hydrogen (secondary N) is 1. The van der Waals surface area contributed by atoms with E-state index >= 15 is 0 Å². The molecule has 116 valence electrons. The molecule has 3 N–H and O–H groups in total. The lowest BCUT2D eigenvalue weighted by atomic mass is 10.3. The SMILES string of the molecule is NC(=O)CSc1nnc(SCC(=O)Nc2ccccc2F)s1.